The Morgan fingerprint density at radius 2 is 1.49 bits per heavy atom. The fourth-order valence-corrected chi connectivity index (χ4v) is 6.20. The summed E-state index contributed by atoms with van der Waals surface area (Å²) in [6.45, 7) is 2.96. The zero-order chi connectivity index (χ0) is 29.6. The Hall–Kier alpha value is -2.39. The molecular weight excluding hydrogens is 570 g/mol. The Morgan fingerprint density at radius 3 is 2.05 bits per heavy atom. The molecule has 0 atom stereocenters. The van der Waals surface area contributed by atoms with Crippen LogP contribution in [0.3, 0.4) is 0 Å². The lowest BCUT2D eigenvalue weighted by atomic mass is 9.70. The number of rotatable bonds is 11. The van der Waals surface area contributed by atoms with Crippen molar-refractivity contribution in [3.63, 3.8) is 0 Å². The van der Waals surface area contributed by atoms with E-state index >= 15 is 8.78 Å². The van der Waals surface area contributed by atoms with Crippen LogP contribution >= 0.6 is 11.6 Å². The van der Waals surface area contributed by atoms with Crippen LogP contribution in [-0.4, -0.2) is 18.8 Å². The van der Waals surface area contributed by atoms with Gasteiger partial charge in [-0.25, -0.2) is 4.39 Å². The Bertz CT molecular complexity index is 1150. The van der Waals surface area contributed by atoms with Crippen LogP contribution in [0.15, 0.2) is 48.5 Å². The highest BCUT2D eigenvalue weighted by Crippen LogP contribution is 2.45. The predicted molar refractivity (Wildman–Crippen MR) is 145 cm³/mol. The standard InChI is InChI=1S/C31H35ClF6O3/c1-2-3-16-39-24-12-6-20(7-13-24)19-4-10-23(11-5-19)31(37,38)41-25-14-8-21(9-15-25)22-17-26(32)28(27(33)18-22)40-30(36)29(34)35/h8-9,14-15,17-20,23-24H,2-7,10-13,16H2,1H3. The lowest BCUT2D eigenvalue weighted by Crippen LogP contribution is -2.38. The second kappa shape index (κ2) is 14.2. The molecule has 0 saturated heterocycles. The van der Waals surface area contributed by atoms with Crippen molar-refractivity contribution in [1.82, 2.24) is 0 Å². The molecule has 0 bridgehead atoms. The molecule has 4 rings (SSSR count). The molecule has 2 aromatic rings. The first-order valence-corrected chi connectivity index (χ1v) is 14.6. The van der Waals surface area contributed by atoms with Crippen LogP contribution in [0.4, 0.5) is 26.3 Å². The van der Waals surface area contributed by atoms with Crippen molar-refractivity contribution < 1.29 is 40.6 Å². The van der Waals surface area contributed by atoms with Gasteiger partial charge in [0.25, 0.3) is 0 Å². The molecule has 0 heterocycles. The fourth-order valence-electron chi connectivity index (χ4n) is 5.96. The van der Waals surface area contributed by atoms with E-state index in [0.717, 1.165) is 64.0 Å². The number of hydrogen-bond donors (Lipinski definition) is 0. The van der Waals surface area contributed by atoms with Gasteiger partial charge in [-0.2, -0.15) is 22.0 Å². The maximum absolute atomic E-state index is 15.1. The second-order valence-corrected chi connectivity index (χ2v) is 11.4. The van der Waals surface area contributed by atoms with Crippen molar-refractivity contribution in [2.45, 2.75) is 83.3 Å². The lowest BCUT2D eigenvalue weighted by Gasteiger charge is -2.39. The van der Waals surface area contributed by atoms with E-state index in [9.17, 15) is 17.6 Å². The number of alkyl halides is 2. The third-order valence-electron chi connectivity index (χ3n) is 8.26. The first-order chi connectivity index (χ1) is 19.6. The minimum Gasteiger partial charge on any atom is -0.432 e. The molecule has 2 saturated carbocycles. The zero-order valence-corrected chi connectivity index (χ0v) is 23.7. The normalized spacial score (nSPS) is 23.2. The number of halogens is 7. The monoisotopic (exact) mass is 604 g/mol. The molecule has 0 radical (unpaired) electrons. The predicted octanol–water partition coefficient (Wildman–Crippen LogP) is 10.7. The summed E-state index contributed by atoms with van der Waals surface area (Å²) in [5.41, 5.74) is 0.606. The van der Waals surface area contributed by atoms with Crippen LogP contribution in [0.2, 0.25) is 5.02 Å². The highest BCUT2D eigenvalue weighted by Gasteiger charge is 2.45. The van der Waals surface area contributed by atoms with Crippen LogP contribution in [0.25, 0.3) is 11.1 Å². The molecule has 2 aromatic carbocycles. The molecular formula is C31H35ClF6O3. The van der Waals surface area contributed by atoms with Crippen molar-refractivity contribution in [2.75, 3.05) is 6.61 Å². The molecule has 3 nitrogen and oxygen atoms in total. The minimum atomic E-state index is -3.34. The molecule has 0 aromatic heterocycles. The van der Waals surface area contributed by atoms with Crippen molar-refractivity contribution in [1.29, 1.82) is 0 Å². The largest absolute Gasteiger partial charge is 0.432 e. The molecule has 0 unspecified atom stereocenters. The van der Waals surface area contributed by atoms with Crippen LogP contribution in [-0.2, 0) is 4.74 Å². The van der Waals surface area contributed by atoms with E-state index < -0.39 is 40.7 Å². The summed E-state index contributed by atoms with van der Waals surface area (Å²) in [6, 6.07) is 5.41. The fraction of sp³-hybridized carbons (Fsp3) is 0.548. The number of unbranched alkanes of at least 4 members (excludes halogenated alkanes) is 1. The molecule has 0 N–H and O–H groups in total. The van der Waals surface area contributed by atoms with Crippen molar-refractivity contribution in [3.05, 3.63) is 59.3 Å². The number of benzene rings is 2. The van der Waals surface area contributed by atoms with Gasteiger partial charge in [-0.05, 0) is 105 Å². The number of ether oxygens (including phenoxy) is 3. The molecule has 10 heteroatoms. The summed E-state index contributed by atoms with van der Waals surface area (Å²) in [4.78, 5) is 0. The summed E-state index contributed by atoms with van der Waals surface area (Å²) in [5, 5.41) is -0.438. The van der Waals surface area contributed by atoms with Gasteiger partial charge >= 0.3 is 18.2 Å². The minimum absolute atomic E-state index is 0.0422. The Kier molecular flexibility index (Phi) is 10.9. The van der Waals surface area contributed by atoms with Gasteiger partial charge in [-0.15, -0.1) is 0 Å². The van der Waals surface area contributed by atoms with E-state index in [4.69, 9.17) is 21.1 Å². The summed E-state index contributed by atoms with van der Waals surface area (Å²) in [5.74, 6) is -1.94. The van der Waals surface area contributed by atoms with Gasteiger partial charge < -0.3 is 14.2 Å². The lowest BCUT2D eigenvalue weighted by molar-refractivity contribution is -0.224. The molecule has 0 amide bonds. The van der Waals surface area contributed by atoms with Gasteiger partial charge in [0.15, 0.2) is 11.6 Å². The summed E-state index contributed by atoms with van der Waals surface area (Å²) < 4.78 is 97.5. The maximum Gasteiger partial charge on any atom is 0.400 e. The highest BCUT2D eigenvalue weighted by molar-refractivity contribution is 6.32. The zero-order valence-electron chi connectivity index (χ0n) is 22.9. The quantitative estimate of drug-likeness (QED) is 0.145. The van der Waals surface area contributed by atoms with Crippen LogP contribution < -0.4 is 9.47 Å². The molecule has 0 aliphatic heterocycles. The first kappa shape index (κ1) is 31.5. The van der Waals surface area contributed by atoms with E-state index in [0.29, 0.717) is 36.3 Å². The van der Waals surface area contributed by atoms with Gasteiger partial charge in [0.05, 0.1) is 17.0 Å². The SMILES string of the molecule is CCCCOC1CCC(C2CCC(C(F)(F)Oc3ccc(-c4cc(F)c(OC(F)=C(F)F)c(Cl)c4)cc3)CC2)CC1. The third kappa shape index (κ3) is 8.34. The van der Waals surface area contributed by atoms with E-state index in [1.165, 1.54) is 30.3 Å². The summed E-state index contributed by atoms with van der Waals surface area (Å²) in [6.07, 6.45) is 3.07. The van der Waals surface area contributed by atoms with Gasteiger partial charge in [-0.3, -0.25) is 0 Å². The smallest absolute Gasteiger partial charge is 0.400 e. The molecule has 226 valence electrons. The molecule has 2 fully saturated rings. The van der Waals surface area contributed by atoms with E-state index in [-0.39, 0.29) is 11.3 Å². The summed E-state index contributed by atoms with van der Waals surface area (Å²) >= 11 is 5.90. The summed E-state index contributed by atoms with van der Waals surface area (Å²) in [7, 11) is 0. The van der Waals surface area contributed by atoms with Gasteiger partial charge in [-0.1, -0.05) is 37.1 Å². The van der Waals surface area contributed by atoms with Crippen molar-refractivity contribution in [2.24, 2.45) is 17.8 Å². The first-order valence-electron chi connectivity index (χ1n) is 14.2. The Labute approximate surface area is 241 Å². The molecule has 2 aliphatic carbocycles. The molecule has 2 aliphatic rings. The maximum atomic E-state index is 15.1. The van der Waals surface area contributed by atoms with E-state index in [1.807, 2.05) is 0 Å². The third-order valence-corrected chi connectivity index (χ3v) is 8.54. The highest BCUT2D eigenvalue weighted by atomic mass is 35.5. The molecule has 41 heavy (non-hydrogen) atoms. The van der Waals surface area contributed by atoms with Gasteiger partial charge in [0.1, 0.15) is 5.75 Å². The van der Waals surface area contributed by atoms with Gasteiger partial charge in [0, 0.05) is 6.61 Å². The van der Waals surface area contributed by atoms with Crippen molar-refractivity contribution >= 4 is 11.6 Å². The number of hydrogen-bond acceptors (Lipinski definition) is 3. The van der Waals surface area contributed by atoms with Gasteiger partial charge in [0.2, 0.25) is 0 Å². The Balaban J connectivity index is 1.30. The second-order valence-electron chi connectivity index (χ2n) is 11.0. The van der Waals surface area contributed by atoms with E-state index in [1.54, 1.807) is 0 Å². The van der Waals surface area contributed by atoms with E-state index in [2.05, 4.69) is 11.7 Å². The molecule has 0 spiro atoms. The van der Waals surface area contributed by atoms with Crippen molar-refractivity contribution in [3.8, 4) is 22.6 Å². The average molecular weight is 605 g/mol. The van der Waals surface area contributed by atoms with Crippen LogP contribution in [0.1, 0.15) is 71.1 Å². The topological polar surface area (TPSA) is 27.7 Å². The van der Waals surface area contributed by atoms with Crippen LogP contribution in [0.5, 0.6) is 11.5 Å². The average Bonchev–Trinajstić information content (AvgIpc) is 2.95. The Morgan fingerprint density at radius 1 is 0.878 bits per heavy atom. The van der Waals surface area contributed by atoms with Crippen LogP contribution in [0, 0.1) is 23.6 Å².